The zero-order chi connectivity index (χ0) is 10.1. The molecule has 14 heavy (non-hydrogen) atoms. The zero-order valence-electron chi connectivity index (χ0n) is 7.29. The van der Waals surface area contributed by atoms with E-state index in [9.17, 15) is 4.39 Å². The van der Waals surface area contributed by atoms with Crippen LogP contribution in [0.15, 0.2) is 18.3 Å². The van der Waals surface area contributed by atoms with Crippen molar-refractivity contribution < 1.29 is 4.39 Å². The fourth-order valence-corrected chi connectivity index (χ4v) is 1.96. The fraction of sp³-hybridized carbons (Fsp3) is 0.111. The van der Waals surface area contributed by atoms with Gasteiger partial charge < -0.3 is 0 Å². The van der Waals surface area contributed by atoms with Crippen LogP contribution in [-0.2, 0) is 0 Å². The van der Waals surface area contributed by atoms with Gasteiger partial charge in [0.25, 0.3) is 0 Å². The highest BCUT2D eigenvalue weighted by Crippen LogP contribution is 2.26. The molecule has 5 heteroatoms. The van der Waals surface area contributed by atoms with Crippen molar-refractivity contribution in [3.05, 3.63) is 35.0 Å². The number of rotatable bonds is 1. The zero-order valence-corrected chi connectivity index (χ0v) is 8.86. The van der Waals surface area contributed by atoms with Gasteiger partial charge in [0, 0.05) is 11.8 Å². The lowest BCUT2D eigenvalue weighted by molar-refractivity contribution is 0.584. The van der Waals surface area contributed by atoms with Crippen molar-refractivity contribution in [3.63, 3.8) is 0 Å². The Morgan fingerprint density at radius 2 is 2.21 bits per heavy atom. The van der Waals surface area contributed by atoms with E-state index in [4.69, 9.17) is 11.6 Å². The normalized spacial score (nSPS) is 10.5. The lowest BCUT2D eigenvalue weighted by Gasteiger charge is -1.96. The molecule has 0 unspecified atom stereocenters. The van der Waals surface area contributed by atoms with Crippen molar-refractivity contribution in [3.8, 4) is 10.4 Å². The molecule has 2 nitrogen and oxygen atoms in total. The number of halogens is 2. The van der Waals surface area contributed by atoms with E-state index >= 15 is 0 Å². The van der Waals surface area contributed by atoms with Crippen molar-refractivity contribution in [1.82, 2.24) is 9.36 Å². The summed E-state index contributed by atoms with van der Waals surface area (Å²) in [5.74, 6) is -0.642. The summed E-state index contributed by atoms with van der Waals surface area (Å²) in [6, 6.07) is 3.47. The number of nitrogens with zero attached hydrogens (tertiary/aromatic N) is 2. The molecule has 0 saturated carbocycles. The van der Waals surface area contributed by atoms with Crippen molar-refractivity contribution in [2.24, 2.45) is 0 Å². The minimum Gasteiger partial charge on any atom is -0.226 e. The number of aromatic nitrogens is 2. The Labute approximate surface area is 89.5 Å². The van der Waals surface area contributed by atoms with Gasteiger partial charge in [0.1, 0.15) is 0 Å². The summed E-state index contributed by atoms with van der Waals surface area (Å²) in [6.45, 7) is 1.90. The molecular formula is C9H6ClFN2S. The van der Waals surface area contributed by atoms with Crippen LogP contribution in [0, 0.1) is 12.9 Å². The molecule has 2 aromatic rings. The smallest absolute Gasteiger partial charge is 0.226 e. The SMILES string of the molecule is Cc1cc(-c2cnc(F)c(Cl)c2)sn1. The lowest BCUT2D eigenvalue weighted by atomic mass is 10.2. The highest BCUT2D eigenvalue weighted by Gasteiger charge is 2.06. The van der Waals surface area contributed by atoms with Gasteiger partial charge in [-0.3, -0.25) is 0 Å². The number of aryl methyl sites for hydroxylation is 1. The molecule has 0 saturated heterocycles. The third-order valence-electron chi connectivity index (χ3n) is 1.71. The van der Waals surface area contributed by atoms with Crippen LogP contribution in [0.25, 0.3) is 10.4 Å². The number of hydrogen-bond acceptors (Lipinski definition) is 3. The highest BCUT2D eigenvalue weighted by molar-refractivity contribution is 7.09. The number of pyridine rings is 1. The van der Waals surface area contributed by atoms with Crippen LogP contribution < -0.4 is 0 Å². The molecular weight excluding hydrogens is 223 g/mol. The molecule has 0 amide bonds. The molecule has 2 heterocycles. The van der Waals surface area contributed by atoms with Crippen LogP contribution in [0.4, 0.5) is 4.39 Å². The molecule has 0 atom stereocenters. The Bertz CT molecular complexity index is 470. The standard InChI is InChI=1S/C9H6ClFN2S/c1-5-2-8(14-13-5)6-3-7(10)9(11)12-4-6/h2-4H,1H3. The van der Waals surface area contributed by atoms with Crippen molar-refractivity contribution in [2.75, 3.05) is 0 Å². The predicted octanol–water partition coefficient (Wildman–Crippen LogP) is 3.31. The van der Waals surface area contributed by atoms with Gasteiger partial charge >= 0.3 is 0 Å². The third kappa shape index (κ3) is 1.76. The van der Waals surface area contributed by atoms with E-state index < -0.39 is 5.95 Å². The molecule has 0 radical (unpaired) electrons. The Morgan fingerprint density at radius 1 is 1.43 bits per heavy atom. The lowest BCUT2D eigenvalue weighted by Crippen LogP contribution is -1.84. The predicted molar refractivity (Wildman–Crippen MR) is 55.1 cm³/mol. The van der Waals surface area contributed by atoms with Gasteiger partial charge in [-0.25, -0.2) is 4.98 Å². The first-order valence-corrected chi connectivity index (χ1v) is 5.06. The summed E-state index contributed by atoms with van der Waals surface area (Å²) in [5.41, 5.74) is 1.73. The van der Waals surface area contributed by atoms with E-state index in [1.807, 2.05) is 13.0 Å². The Balaban J connectivity index is 2.47. The van der Waals surface area contributed by atoms with E-state index in [-0.39, 0.29) is 5.02 Å². The Kier molecular flexibility index (Phi) is 2.48. The summed E-state index contributed by atoms with van der Waals surface area (Å²) >= 11 is 6.96. The van der Waals surface area contributed by atoms with E-state index in [1.165, 1.54) is 17.7 Å². The molecule has 0 aliphatic heterocycles. The van der Waals surface area contributed by atoms with Gasteiger partial charge in [-0.05, 0) is 30.6 Å². The van der Waals surface area contributed by atoms with Crippen molar-refractivity contribution >= 4 is 23.1 Å². The second-order valence-corrected chi connectivity index (χ2v) is 4.04. The first kappa shape index (κ1) is 9.55. The average molecular weight is 229 g/mol. The summed E-state index contributed by atoms with van der Waals surface area (Å²) in [5, 5.41) is 0.0357. The van der Waals surface area contributed by atoms with Crippen LogP contribution in [0.3, 0.4) is 0 Å². The van der Waals surface area contributed by atoms with Crippen LogP contribution >= 0.6 is 23.1 Å². The summed E-state index contributed by atoms with van der Waals surface area (Å²) in [6.07, 6.45) is 1.45. The minimum absolute atomic E-state index is 0.0357. The average Bonchev–Trinajstić information content (AvgIpc) is 2.57. The molecule has 0 fully saturated rings. The first-order chi connectivity index (χ1) is 6.66. The van der Waals surface area contributed by atoms with Crippen LogP contribution in [-0.4, -0.2) is 9.36 Å². The Hall–Kier alpha value is -1.00. The van der Waals surface area contributed by atoms with Gasteiger partial charge in [-0.2, -0.15) is 8.76 Å². The van der Waals surface area contributed by atoms with E-state index in [2.05, 4.69) is 9.36 Å². The van der Waals surface area contributed by atoms with E-state index in [0.29, 0.717) is 0 Å². The third-order valence-corrected chi connectivity index (χ3v) is 2.90. The number of hydrogen-bond donors (Lipinski definition) is 0. The molecule has 0 bridgehead atoms. The van der Waals surface area contributed by atoms with Gasteiger partial charge in [0.15, 0.2) is 0 Å². The Morgan fingerprint density at radius 3 is 2.79 bits per heavy atom. The van der Waals surface area contributed by atoms with Crippen LogP contribution in [0.1, 0.15) is 5.69 Å². The summed E-state index contributed by atoms with van der Waals surface area (Å²) < 4.78 is 16.9. The monoisotopic (exact) mass is 228 g/mol. The molecule has 0 aromatic carbocycles. The molecule has 0 aliphatic rings. The molecule has 0 N–H and O–H groups in total. The second kappa shape index (κ2) is 3.63. The fourth-order valence-electron chi connectivity index (χ4n) is 1.06. The largest absolute Gasteiger partial charge is 0.231 e. The first-order valence-electron chi connectivity index (χ1n) is 3.91. The topological polar surface area (TPSA) is 25.8 Å². The molecule has 0 aliphatic carbocycles. The van der Waals surface area contributed by atoms with Gasteiger partial charge in [0.05, 0.1) is 15.6 Å². The van der Waals surface area contributed by atoms with Crippen LogP contribution in [0.2, 0.25) is 5.02 Å². The minimum atomic E-state index is -0.642. The molecule has 72 valence electrons. The van der Waals surface area contributed by atoms with Gasteiger partial charge in [-0.1, -0.05) is 11.6 Å². The molecule has 2 aromatic heterocycles. The molecule has 0 spiro atoms. The quantitative estimate of drug-likeness (QED) is 0.700. The second-order valence-electron chi connectivity index (χ2n) is 2.83. The maximum absolute atomic E-state index is 12.8. The van der Waals surface area contributed by atoms with Crippen LogP contribution in [0.5, 0.6) is 0 Å². The summed E-state index contributed by atoms with van der Waals surface area (Å²) in [4.78, 5) is 4.49. The molecule has 2 rings (SSSR count). The van der Waals surface area contributed by atoms with Crippen molar-refractivity contribution in [1.29, 1.82) is 0 Å². The maximum Gasteiger partial charge on any atom is 0.231 e. The highest BCUT2D eigenvalue weighted by atomic mass is 35.5. The maximum atomic E-state index is 12.8. The van der Waals surface area contributed by atoms with Gasteiger partial charge in [-0.15, -0.1) is 0 Å². The van der Waals surface area contributed by atoms with E-state index in [1.54, 1.807) is 6.07 Å². The summed E-state index contributed by atoms with van der Waals surface area (Å²) in [7, 11) is 0. The van der Waals surface area contributed by atoms with E-state index in [0.717, 1.165) is 16.1 Å². The van der Waals surface area contributed by atoms with Gasteiger partial charge in [0.2, 0.25) is 5.95 Å². The van der Waals surface area contributed by atoms with Crippen molar-refractivity contribution in [2.45, 2.75) is 6.92 Å².